The molecule has 7 nitrogen and oxygen atoms in total. The number of para-hydroxylation sites is 1. The highest BCUT2D eigenvalue weighted by molar-refractivity contribution is 7.99. The number of thioether (sulfide) groups is 1. The van der Waals surface area contributed by atoms with Gasteiger partial charge in [0.25, 0.3) is 0 Å². The summed E-state index contributed by atoms with van der Waals surface area (Å²) >= 11 is 1.81. The van der Waals surface area contributed by atoms with E-state index >= 15 is 0 Å². The molecule has 2 aliphatic heterocycles. The second kappa shape index (κ2) is 9.50. The maximum absolute atomic E-state index is 13.0. The van der Waals surface area contributed by atoms with Gasteiger partial charge in [-0.05, 0) is 43.3 Å². The van der Waals surface area contributed by atoms with Gasteiger partial charge in [-0.25, -0.2) is 8.42 Å². The summed E-state index contributed by atoms with van der Waals surface area (Å²) in [6.07, 6.45) is 0. The van der Waals surface area contributed by atoms with Crippen molar-refractivity contribution in [3.63, 3.8) is 0 Å². The molecule has 0 atom stereocenters. The van der Waals surface area contributed by atoms with Gasteiger partial charge in [-0.15, -0.1) is 11.8 Å². The van der Waals surface area contributed by atoms with Gasteiger partial charge in [-0.3, -0.25) is 4.79 Å². The number of carbonyl (C=O) groups excluding carboxylic acids is 1. The number of hydrogen-bond acceptors (Lipinski definition) is 6. The number of carbonyl (C=O) groups is 1. The van der Waals surface area contributed by atoms with Gasteiger partial charge >= 0.3 is 0 Å². The number of sulfonamides is 1. The van der Waals surface area contributed by atoms with Gasteiger partial charge in [-0.1, -0.05) is 12.1 Å². The summed E-state index contributed by atoms with van der Waals surface area (Å²) in [5.74, 6) is 1.65. The normalized spacial score (nSPS) is 17.3. The fraction of sp³-hybridized carbons (Fsp3) is 0.409. The minimum absolute atomic E-state index is 0.0415. The monoisotopic (exact) mass is 461 g/mol. The highest BCUT2D eigenvalue weighted by Crippen LogP contribution is 2.34. The van der Waals surface area contributed by atoms with Crippen LogP contribution in [0.5, 0.6) is 5.75 Å². The van der Waals surface area contributed by atoms with Crippen molar-refractivity contribution >= 4 is 33.4 Å². The minimum atomic E-state index is -3.58. The highest BCUT2D eigenvalue weighted by atomic mass is 32.2. The van der Waals surface area contributed by atoms with Crippen LogP contribution in [0.4, 0.5) is 5.69 Å². The van der Waals surface area contributed by atoms with Crippen LogP contribution in [0, 0.1) is 0 Å². The zero-order valence-electron chi connectivity index (χ0n) is 17.6. The molecule has 2 aliphatic rings. The average molecular weight is 462 g/mol. The highest BCUT2D eigenvalue weighted by Gasteiger charge is 2.31. The Kier molecular flexibility index (Phi) is 6.74. The number of rotatable bonds is 6. The van der Waals surface area contributed by atoms with Crippen LogP contribution in [-0.2, 0) is 14.8 Å². The van der Waals surface area contributed by atoms with Crippen LogP contribution < -0.4 is 9.64 Å². The molecule has 0 unspecified atom stereocenters. The topological polar surface area (TPSA) is 70.2 Å². The van der Waals surface area contributed by atoms with Crippen LogP contribution in [0.2, 0.25) is 0 Å². The van der Waals surface area contributed by atoms with Gasteiger partial charge in [0.05, 0.1) is 23.7 Å². The quantitative estimate of drug-likeness (QED) is 0.659. The van der Waals surface area contributed by atoms with Crippen molar-refractivity contribution < 1.29 is 17.9 Å². The largest absolute Gasteiger partial charge is 0.494 e. The standard InChI is InChI=1S/C22H27N3O4S2/c1-2-29-18-7-9-19(10-8-18)31(27,28)25-13-11-23(12-14-25)22(26)17-24-15-16-30-21-6-4-3-5-20(21)24/h3-10H,2,11-17H2,1H3. The summed E-state index contributed by atoms with van der Waals surface area (Å²) in [5, 5.41) is 0. The third-order valence-corrected chi connectivity index (χ3v) is 8.47. The maximum atomic E-state index is 13.0. The molecule has 1 amide bonds. The molecule has 2 heterocycles. The smallest absolute Gasteiger partial charge is 0.243 e. The van der Waals surface area contributed by atoms with E-state index in [0.717, 1.165) is 18.0 Å². The fourth-order valence-corrected chi connectivity index (χ4v) is 6.33. The number of anilines is 1. The lowest BCUT2D eigenvalue weighted by Crippen LogP contribution is -2.52. The van der Waals surface area contributed by atoms with E-state index in [1.807, 2.05) is 30.8 Å². The Labute approximate surface area is 188 Å². The summed E-state index contributed by atoms with van der Waals surface area (Å²) in [5.41, 5.74) is 1.10. The maximum Gasteiger partial charge on any atom is 0.243 e. The SMILES string of the molecule is CCOc1ccc(S(=O)(=O)N2CCN(C(=O)CN3CCSc4ccccc43)CC2)cc1. The number of hydrogen-bond donors (Lipinski definition) is 0. The van der Waals surface area contributed by atoms with E-state index < -0.39 is 10.0 Å². The molecule has 2 aromatic rings. The van der Waals surface area contributed by atoms with Crippen LogP contribution in [-0.4, -0.2) is 75.2 Å². The van der Waals surface area contributed by atoms with Crippen molar-refractivity contribution in [1.82, 2.24) is 9.21 Å². The van der Waals surface area contributed by atoms with Gasteiger partial charge in [0.1, 0.15) is 5.75 Å². The second-order valence-electron chi connectivity index (χ2n) is 7.43. The van der Waals surface area contributed by atoms with Gasteiger partial charge in [-0.2, -0.15) is 4.31 Å². The van der Waals surface area contributed by atoms with E-state index in [2.05, 4.69) is 17.0 Å². The van der Waals surface area contributed by atoms with E-state index in [4.69, 9.17) is 4.74 Å². The zero-order valence-corrected chi connectivity index (χ0v) is 19.2. The first-order chi connectivity index (χ1) is 15.0. The first kappa shape index (κ1) is 22.0. The molecule has 31 heavy (non-hydrogen) atoms. The number of benzene rings is 2. The van der Waals surface area contributed by atoms with Crippen LogP contribution in [0.15, 0.2) is 58.3 Å². The predicted molar refractivity (Wildman–Crippen MR) is 122 cm³/mol. The lowest BCUT2D eigenvalue weighted by molar-refractivity contribution is -0.130. The Morgan fingerprint density at radius 3 is 2.42 bits per heavy atom. The van der Waals surface area contributed by atoms with Crippen molar-refractivity contribution in [2.24, 2.45) is 0 Å². The van der Waals surface area contributed by atoms with Crippen LogP contribution in [0.25, 0.3) is 0 Å². The number of ether oxygens (including phenoxy) is 1. The number of amides is 1. The Morgan fingerprint density at radius 1 is 1.00 bits per heavy atom. The van der Waals surface area contributed by atoms with Crippen molar-refractivity contribution in [2.45, 2.75) is 16.7 Å². The number of nitrogens with zero attached hydrogens (tertiary/aromatic N) is 3. The third-order valence-electron chi connectivity index (χ3n) is 5.51. The zero-order chi connectivity index (χ0) is 21.8. The van der Waals surface area contributed by atoms with Crippen molar-refractivity contribution in [3.8, 4) is 5.75 Å². The van der Waals surface area contributed by atoms with Crippen LogP contribution >= 0.6 is 11.8 Å². The molecule has 1 saturated heterocycles. The lowest BCUT2D eigenvalue weighted by atomic mass is 10.2. The summed E-state index contributed by atoms with van der Waals surface area (Å²) in [6, 6.07) is 14.6. The Morgan fingerprint density at radius 2 is 1.71 bits per heavy atom. The molecule has 9 heteroatoms. The summed E-state index contributed by atoms with van der Waals surface area (Å²) < 4.78 is 32.8. The van der Waals surface area contributed by atoms with Gasteiger partial charge in [0.15, 0.2) is 0 Å². The van der Waals surface area contributed by atoms with Crippen molar-refractivity contribution in [3.05, 3.63) is 48.5 Å². The fourth-order valence-electron chi connectivity index (χ4n) is 3.86. The van der Waals surface area contributed by atoms with Crippen molar-refractivity contribution in [1.29, 1.82) is 0 Å². The van der Waals surface area contributed by atoms with E-state index in [1.165, 1.54) is 9.20 Å². The van der Waals surface area contributed by atoms with Gasteiger partial charge in [0, 0.05) is 43.4 Å². The van der Waals surface area contributed by atoms with E-state index in [0.29, 0.717) is 45.1 Å². The predicted octanol–water partition coefficient (Wildman–Crippen LogP) is 2.53. The molecular formula is C22H27N3O4S2. The summed E-state index contributed by atoms with van der Waals surface area (Å²) in [4.78, 5) is 18.2. The van der Waals surface area contributed by atoms with Gasteiger partial charge < -0.3 is 14.5 Å². The molecular weight excluding hydrogens is 434 g/mol. The van der Waals surface area contributed by atoms with Crippen LogP contribution in [0.1, 0.15) is 6.92 Å². The molecule has 0 bridgehead atoms. The Bertz CT molecular complexity index is 1020. The lowest BCUT2D eigenvalue weighted by Gasteiger charge is -2.36. The Balaban J connectivity index is 1.35. The van der Waals surface area contributed by atoms with E-state index in [1.54, 1.807) is 29.2 Å². The van der Waals surface area contributed by atoms with E-state index in [-0.39, 0.29) is 10.8 Å². The van der Waals surface area contributed by atoms with Crippen molar-refractivity contribution in [2.75, 3.05) is 56.5 Å². The molecule has 0 saturated carbocycles. The molecule has 0 aliphatic carbocycles. The first-order valence-electron chi connectivity index (χ1n) is 10.5. The number of piperazine rings is 1. The molecule has 0 radical (unpaired) electrons. The second-order valence-corrected chi connectivity index (χ2v) is 10.5. The van der Waals surface area contributed by atoms with Crippen LogP contribution in [0.3, 0.4) is 0 Å². The molecule has 2 aromatic carbocycles. The summed E-state index contributed by atoms with van der Waals surface area (Å²) in [7, 11) is -3.58. The van der Waals surface area contributed by atoms with E-state index in [9.17, 15) is 13.2 Å². The molecule has 0 spiro atoms. The Hall–Kier alpha value is -2.23. The summed E-state index contributed by atoms with van der Waals surface area (Å²) in [6.45, 7) is 4.97. The minimum Gasteiger partial charge on any atom is -0.494 e. The number of fused-ring (bicyclic) bond motifs is 1. The molecule has 0 N–H and O–H groups in total. The molecule has 1 fully saturated rings. The first-order valence-corrected chi connectivity index (χ1v) is 12.9. The van der Waals surface area contributed by atoms with Gasteiger partial charge in [0.2, 0.25) is 15.9 Å². The molecule has 0 aromatic heterocycles. The molecule has 4 rings (SSSR count). The average Bonchev–Trinajstić information content (AvgIpc) is 2.80. The molecule has 166 valence electrons. The third kappa shape index (κ3) is 4.83.